The average molecular weight is 327 g/mol. The van der Waals surface area contributed by atoms with E-state index in [-0.39, 0.29) is 10.6 Å². The van der Waals surface area contributed by atoms with Crippen molar-refractivity contribution in [2.45, 2.75) is 6.42 Å². The molecule has 0 atom stereocenters. The van der Waals surface area contributed by atoms with Crippen LogP contribution in [0.5, 0.6) is 0 Å². The second kappa shape index (κ2) is 5.16. The molecular formula is C12H10INO2. The molecule has 0 saturated heterocycles. The van der Waals surface area contributed by atoms with Gasteiger partial charge in [0.1, 0.15) is 0 Å². The Morgan fingerprint density at radius 2 is 2.06 bits per heavy atom. The lowest BCUT2D eigenvalue weighted by atomic mass is 10.2. The van der Waals surface area contributed by atoms with Crippen molar-refractivity contribution in [1.29, 1.82) is 0 Å². The van der Waals surface area contributed by atoms with Crippen molar-refractivity contribution in [2.24, 2.45) is 0 Å². The van der Waals surface area contributed by atoms with Crippen molar-refractivity contribution < 1.29 is 4.92 Å². The van der Waals surface area contributed by atoms with Gasteiger partial charge in [-0.3, -0.25) is 10.1 Å². The lowest BCUT2D eigenvalue weighted by Crippen LogP contribution is -1.94. The first-order valence-corrected chi connectivity index (χ1v) is 7.00. The van der Waals surface area contributed by atoms with Crippen molar-refractivity contribution in [3.8, 4) is 0 Å². The molecule has 0 fully saturated rings. The first kappa shape index (κ1) is 11.2. The maximum atomic E-state index is 10.8. The summed E-state index contributed by atoms with van der Waals surface area (Å²) in [4.78, 5) is 10.6. The molecule has 0 saturated carbocycles. The fourth-order valence-corrected chi connectivity index (χ4v) is 4.02. The van der Waals surface area contributed by atoms with Crippen LogP contribution < -0.4 is 0 Å². The SMILES string of the molecule is O=[N+]([O-])c1ccccc1I=C1C=CC=CC1. The molecule has 0 unspecified atom stereocenters. The minimum Gasteiger partial charge on any atom is -0.258 e. The summed E-state index contributed by atoms with van der Waals surface area (Å²) in [5, 5.41) is 10.8. The fraction of sp³-hybridized carbons (Fsp3) is 0.0833. The van der Waals surface area contributed by atoms with E-state index < -0.39 is 20.7 Å². The van der Waals surface area contributed by atoms with Crippen LogP contribution in [0, 0.1) is 13.7 Å². The van der Waals surface area contributed by atoms with E-state index in [4.69, 9.17) is 0 Å². The molecule has 4 heteroatoms. The molecule has 1 aliphatic carbocycles. The predicted molar refractivity (Wildman–Crippen MR) is 73.7 cm³/mol. The second-order valence-electron chi connectivity index (χ2n) is 3.24. The maximum Gasteiger partial charge on any atom is 0.282 e. The Balaban J connectivity index is 2.37. The number of allylic oxidation sites excluding steroid dienone is 4. The number of nitrogens with zero attached hydrogens (tertiary/aromatic N) is 1. The van der Waals surface area contributed by atoms with Gasteiger partial charge in [0.2, 0.25) is 0 Å². The molecule has 1 aromatic rings. The Labute approximate surface area is 103 Å². The van der Waals surface area contributed by atoms with Gasteiger partial charge in [0.25, 0.3) is 5.69 Å². The van der Waals surface area contributed by atoms with Gasteiger partial charge in [-0.15, -0.1) is 0 Å². The molecule has 82 valence electrons. The molecule has 0 aromatic heterocycles. The third-order valence-corrected chi connectivity index (χ3v) is 5.10. The molecule has 0 bridgehead atoms. The Morgan fingerprint density at radius 3 is 2.75 bits per heavy atom. The molecule has 0 N–H and O–H groups in total. The van der Waals surface area contributed by atoms with Crippen LogP contribution >= 0.6 is 20.7 Å². The Bertz CT molecular complexity index is 503. The molecule has 0 aliphatic heterocycles. The predicted octanol–water partition coefficient (Wildman–Crippen LogP) is 3.42. The van der Waals surface area contributed by atoms with Crippen LogP contribution in [0.2, 0.25) is 0 Å². The van der Waals surface area contributed by atoms with Crippen LogP contribution in [-0.4, -0.2) is 8.43 Å². The van der Waals surface area contributed by atoms with E-state index in [2.05, 4.69) is 12.2 Å². The van der Waals surface area contributed by atoms with E-state index in [9.17, 15) is 10.1 Å². The number of benzene rings is 1. The smallest absolute Gasteiger partial charge is 0.258 e. The first-order chi connectivity index (χ1) is 7.77. The topological polar surface area (TPSA) is 43.1 Å². The van der Waals surface area contributed by atoms with Crippen LogP contribution in [0.15, 0.2) is 48.6 Å². The second-order valence-corrected chi connectivity index (χ2v) is 6.33. The Kier molecular flexibility index (Phi) is 3.61. The zero-order chi connectivity index (χ0) is 11.4. The minimum absolute atomic E-state index is 0.255. The highest BCUT2D eigenvalue weighted by Gasteiger charge is 2.11. The van der Waals surface area contributed by atoms with E-state index in [1.54, 1.807) is 12.1 Å². The molecule has 2 rings (SSSR count). The van der Waals surface area contributed by atoms with E-state index in [1.807, 2.05) is 24.3 Å². The summed E-state index contributed by atoms with van der Waals surface area (Å²) < 4.78 is 2.21. The number of para-hydroxylation sites is 1. The van der Waals surface area contributed by atoms with Gasteiger partial charge < -0.3 is 0 Å². The molecule has 3 nitrogen and oxygen atoms in total. The summed E-state index contributed by atoms with van der Waals surface area (Å²) in [7, 11) is 0. The number of rotatable bonds is 2. The molecule has 0 heterocycles. The molecule has 0 spiro atoms. The van der Waals surface area contributed by atoms with Gasteiger partial charge in [0.15, 0.2) is 0 Å². The fourth-order valence-electron chi connectivity index (χ4n) is 1.37. The first-order valence-electron chi connectivity index (χ1n) is 4.84. The van der Waals surface area contributed by atoms with Crippen molar-refractivity contribution in [3.63, 3.8) is 0 Å². The van der Waals surface area contributed by atoms with Crippen molar-refractivity contribution >= 4 is 29.9 Å². The van der Waals surface area contributed by atoms with Crippen LogP contribution in [0.1, 0.15) is 6.42 Å². The Hall–Kier alpha value is -1.30. The highest BCUT2D eigenvalue weighted by molar-refractivity contribution is 14.2. The van der Waals surface area contributed by atoms with E-state index in [1.165, 1.54) is 3.51 Å². The maximum absolute atomic E-state index is 10.8. The quantitative estimate of drug-likeness (QED) is 0.475. The minimum atomic E-state index is -0.413. The van der Waals surface area contributed by atoms with Crippen LogP contribution in [0.25, 0.3) is 0 Å². The number of halogens is 1. The molecule has 16 heavy (non-hydrogen) atoms. The zero-order valence-corrected chi connectivity index (χ0v) is 10.6. The highest BCUT2D eigenvalue weighted by atomic mass is 127. The van der Waals surface area contributed by atoms with Gasteiger partial charge in [-0.25, -0.2) is 0 Å². The van der Waals surface area contributed by atoms with E-state index >= 15 is 0 Å². The number of nitro groups is 1. The average Bonchev–Trinajstić information content (AvgIpc) is 2.31. The monoisotopic (exact) mass is 327 g/mol. The number of nitro benzene ring substituents is 1. The van der Waals surface area contributed by atoms with Crippen LogP contribution in [-0.2, 0) is 0 Å². The standard InChI is InChI=1S/C12H10INO2/c15-14(16)12-9-5-4-8-11(12)13-10-6-2-1-3-7-10/h1-6,8-9H,7H2. The van der Waals surface area contributed by atoms with Gasteiger partial charge in [-0.1, -0.05) is 57.2 Å². The summed E-state index contributed by atoms with van der Waals surface area (Å²) in [6.07, 6.45) is 9.09. The van der Waals surface area contributed by atoms with Crippen molar-refractivity contribution in [2.75, 3.05) is 0 Å². The summed E-state index contributed by atoms with van der Waals surface area (Å²) >= 11 is -0.413. The van der Waals surface area contributed by atoms with Crippen LogP contribution in [0.3, 0.4) is 0 Å². The Morgan fingerprint density at radius 1 is 1.25 bits per heavy atom. The lowest BCUT2D eigenvalue weighted by molar-refractivity contribution is -0.385. The van der Waals surface area contributed by atoms with Crippen LogP contribution in [0.4, 0.5) is 5.69 Å². The molecule has 0 radical (unpaired) electrons. The zero-order valence-electron chi connectivity index (χ0n) is 8.47. The third-order valence-electron chi connectivity index (χ3n) is 2.11. The highest BCUT2D eigenvalue weighted by Crippen LogP contribution is 2.26. The van der Waals surface area contributed by atoms with Crippen molar-refractivity contribution in [1.82, 2.24) is 0 Å². The molecular weight excluding hydrogens is 317 g/mol. The van der Waals surface area contributed by atoms with E-state index in [0.717, 1.165) is 9.99 Å². The number of hydrogen-bond acceptors (Lipinski definition) is 2. The van der Waals surface area contributed by atoms with Crippen molar-refractivity contribution in [3.05, 3.63) is 62.3 Å². The van der Waals surface area contributed by atoms with Gasteiger partial charge >= 0.3 is 0 Å². The molecule has 0 amide bonds. The summed E-state index contributed by atoms with van der Waals surface area (Å²) in [6.45, 7) is 0. The van der Waals surface area contributed by atoms with Gasteiger partial charge in [-0.05, 0) is 16.0 Å². The summed E-state index contributed by atoms with van der Waals surface area (Å²) in [5.41, 5.74) is 0.255. The third kappa shape index (κ3) is 2.63. The number of hydrogen-bond donors (Lipinski definition) is 0. The lowest BCUT2D eigenvalue weighted by Gasteiger charge is -2.01. The van der Waals surface area contributed by atoms with Gasteiger partial charge in [0.05, 0.1) is 8.49 Å². The van der Waals surface area contributed by atoms with Gasteiger partial charge in [0, 0.05) is 6.07 Å². The summed E-state index contributed by atoms with van der Waals surface area (Å²) in [5.74, 6) is 0. The van der Waals surface area contributed by atoms with E-state index in [0.29, 0.717) is 0 Å². The normalized spacial score (nSPS) is 17.1. The molecule has 1 aromatic carbocycles. The largest absolute Gasteiger partial charge is 0.282 e. The molecule has 1 aliphatic rings. The summed E-state index contributed by atoms with van der Waals surface area (Å²) in [6, 6.07) is 7.03. The van der Waals surface area contributed by atoms with Gasteiger partial charge in [-0.2, -0.15) is 0 Å².